The second-order valence-corrected chi connectivity index (χ2v) is 3.93. The zero-order chi connectivity index (χ0) is 9.97. The van der Waals surface area contributed by atoms with Crippen LogP contribution in [-0.4, -0.2) is 19.4 Å². The summed E-state index contributed by atoms with van der Waals surface area (Å²) in [4.78, 5) is 0.996. The molecule has 5 nitrogen and oxygen atoms in total. The van der Waals surface area contributed by atoms with Crippen LogP contribution in [0.4, 0.5) is 0 Å². The standard InChI is InChI=1S/C8H11N5S/c1-13-3-2-6(11-13)4-7(9)8-5-10-12-14-8/h2-3,5,7H,4,9H2,1H3. The van der Waals surface area contributed by atoms with Crippen LogP contribution in [0.2, 0.25) is 0 Å². The SMILES string of the molecule is Cn1ccc(CC(N)c2cnns2)n1. The summed E-state index contributed by atoms with van der Waals surface area (Å²) in [5.74, 6) is 0. The Kier molecular flexibility index (Phi) is 2.55. The van der Waals surface area contributed by atoms with Crippen LogP contribution in [0.3, 0.4) is 0 Å². The van der Waals surface area contributed by atoms with Gasteiger partial charge in [0.2, 0.25) is 0 Å². The van der Waals surface area contributed by atoms with E-state index in [0.717, 1.165) is 17.0 Å². The summed E-state index contributed by atoms with van der Waals surface area (Å²) >= 11 is 1.34. The fraction of sp³-hybridized carbons (Fsp3) is 0.375. The lowest BCUT2D eigenvalue weighted by Gasteiger charge is -2.04. The molecule has 0 amide bonds. The summed E-state index contributed by atoms with van der Waals surface area (Å²) in [6.07, 6.45) is 4.34. The van der Waals surface area contributed by atoms with Crippen LogP contribution in [0.5, 0.6) is 0 Å². The molecule has 2 aromatic rings. The molecule has 1 atom stereocenters. The van der Waals surface area contributed by atoms with Crippen molar-refractivity contribution in [2.75, 3.05) is 0 Å². The lowest BCUT2D eigenvalue weighted by Crippen LogP contribution is -2.12. The van der Waals surface area contributed by atoms with Crippen molar-refractivity contribution in [3.63, 3.8) is 0 Å². The topological polar surface area (TPSA) is 69.6 Å². The third-order valence-electron chi connectivity index (χ3n) is 1.94. The largest absolute Gasteiger partial charge is 0.323 e. The van der Waals surface area contributed by atoms with Crippen LogP contribution in [-0.2, 0) is 13.5 Å². The van der Waals surface area contributed by atoms with Gasteiger partial charge in [0.25, 0.3) is 0 Å². The van der Waals surface area contributed by atoms with Crippen molar-refractivity contribution in [2.45, 2.75) is 12.5 Å². The third kappa shape index (κ3) is 1.97. The maximum atomic E-state index is 5.96. The van der Waals surface area contributed by atoms with Gasteiger partial charge in [-0.3, -0.25) is 4.68 Å². The van der Waals surface area contributed by atoms with Crippen LogP contribution in [0.25, 0.3) is 0 Å². The first-order chi connectivity index (χ1) is 6.75. The fourth-order valence-corrected chi connectivity index (χ4v) is 1.74. The molecule has 2 heterocycles. The number of nitrogens with zero attached hydrogens (tertiary/aromatic N) is 4. The van der Waals surface area contributed by atoms with Crippen LogP contribution >= 0.6 is 11.5 Å². The Morgan fingerprint density at radius 3 is 3.07 bits per heavy atom. The average molecular weight is 209 g/mol. The monoisotopic (exact) mass is 209 g/mol. The number of nitrogens with two attached hydrogens (primary N) is 1. The highest BCUT2D eigenvalue weighted by Crippen LogP contribution is 2.16. The summed E-state index contributed by atoms with van der Waals surface area (Å²) in [5.41, 5.74) is 6.96. The fourth-order valence-electron chi connectivity index (χ4n) is 1.24. The van der Waals surface area contributed by atoms with Crippen molar-refractivity contribution < 1.29 is 0 Å². The highest BCUT2D eigenvalue weighted by Gasteiger charge is 2.10. The normalized spacial score (nSPS) is 13.0. The molecule has 2 N–H and O–H groups in total. The molecule has 0 aromatic carbocycles. The zero-order valence-electron chi connectivity index (χ0n) is 7.79. The first kappa shape index (κ1) is 9.29. The summed E-state index contributed by atoms with van der Waals surface area (Å²) < 4.78 is 5.55. The van der Waals surface area contributed by atoms with Gasteiger partial charge >= 0.3 is 0 Å². The van der Waals surface area contributed by atoms with Gasteiger partial charge in [-0.15, -0.1) is 5.10 Å². The molecule has 0 aliphatic carbocycles. The molecule has 0 saturated carbocycles. The molecular formula is C8H11N5S. The van der Waals surface area contributed by atoms with E-state index in [1.165, 1.54) is 11.5 Å². The Labute approximate surface area is 85.7 Å². The molecule has 0 aliphatic rings. The smallest absolute Gasteiger partial charge is 0.0669 e. The quantitative estimate of drug-likeness (QED) is 0.799. The molecule has 0 saturated heterocycles. The van der Waals surface area contributed by atoms with E-state index >= 15 is 0 Å². The van der Waals surface area contributed by atoms with Gasteiger partial charge in [0.15, 0.2) is 0 Å². The van der Waals surface area contributed by atoms with E-state index in [0.29, 0.717) is 0 Å². The Bertz CT molecular complexity index is 394. The molecule has 0 radical (unpaired) electrons. The van der Waals surface area contributed by atoms with Crippen LogP contribution < -0.4 is 5.73 Å². The molecule has 2 rings (SSSR count). The van der Waals surface area contributed by atoms with Crippen molar-refractivity contribution in [1.29, 1.82) is 0 Å². The molecule has 0 fully saturated rings. The number of hydrogen-bond acceptors (Lipinski definition) is 5. The molecule has 0 aliphatic heterocycles. The second-order valence-electron chi connectivity index (χ2n) is 3.11. The summed E-state index contributed by atoms with van der Waals surface area (Å²) in [6.45, 7) is 0. The molecule has 14 heavy (non-hydrogen) atoms. The van der Waals surface area contributed by atoms with Crippen LogP contribution in [0, 0.1) is 0 Å². The molecule has 74 valence electrons. The van der Waals surface area contributed by atoms with E-state index in [1.807, 2.05) is 19.3 Å². The first-order valence-corrected chi connectivity index (χ1v) is 5.04. The van der Waals surface area contributed by atoms with Gasteiger partial charge < -0.3 is 5.73 Å². The molecular weight excluding hydrogens is 198 g/mol. The van der Waals surface area contributed by atoms with E-state index < -0.39 is 0 Å². The van der Waals surface area contributed by atoms with Crippen LogP contribution in [0.1, 0.15) is 16.6 Å². The highest BCUT2D eigenvalue weighted by molar-refractivity contribution is 7.05. The maximum absolute atomic E-state index is 5.96. The Hall–Kier alpha value is -1.27. The number of aryl methyl sites for hydroxylation is 1. The predicted octanol–water partition coefficient (Wildman–Crippen LogP) is 0.514. The van der Waals surface area contributed by atoms with E-state index in [1.54, 1.807) is 10.9 Å². The summed E-state index contributed by atoms with van der Waals surface area (Å²) in [6, 6.07) is 1.92. The molecule has 1 unspecified atom stereocenters. The Morgan fingerprint density at radius 2 is 2.50 bits per heavy atom. The van der Waals surface area contributed by atoms with Crippen molar-refractivity contribution in [1.82, 2.24) is 19.4 Å². The van der Waals surface area contributed by atoms with Crippen molar-refractivity contribution >= 4 is 11.5 Å². The number of aromatic nitrogens is 4. The van der Waals surface area contributed by atoms with Crippen molar-refractivity contribution in [2.24, 2.45) is 12.8 Å². The van der Waals surface area contributed by atoms with E-state index in [2.05, 4.69) is 14.7 Å². The Morgan fingerprint density at radius 1 is 1.64 bits per heavy atom. The summed E-state index contributed by atoms with van der Waals surface area (Å²) in [5, 5.41) is 8.01. The van der Waals surface area contributed by atoms with Crippen LogP contribution in [0.15, 0.2) is 18.5 Å². The minimum absolute atomic E-state index is 0.0510. The molecule has 0 spiro atoms. The van der Waals surface area contributed by atoms with Gasteiger partial charge in [-0.05, 0) is 17.6 Å². The lowest BCUT2D eigenvalue weighted by molar-refractivity contribution is 0.682. The third-order valence-corrected chi connectivity index (χ3v) is 2.74. The number of hydrogen-bond donors (Lipinski definition) is 1. The number of rotatable bonds is 3. The molecule has 2 aromatic heterocycles. The summed E-state index contributed by atoms with van der Waals surface area (Å²) in [7, 11) is 1.89. The minimum atomic E-state index is -0.0510. The van der Waals surface area contributed by atoms with Crippen molar-refractivity contribution in [3.05, 3.63) is 29.0 Å². The van der Waals surface area contributed by atoms with Gasteiger partial charge in [0.1, 0.15) is 0 Å². The lowest BCUT2D eigenvalue weighted by atomic mass is 10.1. The second kappa shape index (κ2) is 3.85. The zero-order valence-corrected chi connectivity index (χ0v) is 8.61. The van der Waals surface area contributed by atoms with E-state index in [9.17, 15) is 0 Å². The maximum Gasteiger partial charge on any atom is 0.0669 e. The van der Waals surface area contributed by atoms with Gasteiger partial charge in [-0.1, -0.05) is 4.49 Å². The van der Waals surface area contributed by atoms with Gasteiger partial charge in [-0.25, -0.2) is 0 Å². The van der Waals surface area contributed by atoms with Gasteiger partial charge in [0, 0.05) is 25.7 Å². The Balaban J connectivity index is 2.05. The van der Waals surface area contributed by atoms with E-state index in [-0.39, 0.29) is 6.04 Å². The van der Waals surface area contributed by atoms with Gasteiger partial charge in [-0.2, -0.15) is 5.10 Å². The minimum Gasteiger partial charge on any atom is -0.323 e. The van der Waals surface area contributed by atoms with E-state index in [4.69, 9.17) is 5.73 Å². The van der Waals surface area contributed by atoms with Crippen molar-refractivity contribution in [3.8, 4) is 0 Å². The van der Waals surface area contributed by atoms with Gasteiger partial charge in [0.05, 0.1) is 16.8 Å². The average Bonchev–Trinajstić information content (AvgIpc) is 2.75. The molecule has 0 bridgehead atoms. The predicted molar refractivity (Wildman–Crippen MR) is 53.7 cm³/mol. The molecule has 6 heteroatoms. The first-order valence-electron chi connectivity index (χ1n) is 4.27. The highest BCUT2D eigenvalue weighted by atomic mass is 32.1.